The first-order valence-electron chi connectivity index (χ1n) is 4.56. The zero-order valence-corrected chi connectivity index (χ0v) is 6.93. The van der Waals surface area contributed by atoms with E-state index in [1.54, 1.807) is 0 Å². The van der Waals surface area contributed by atoms with Crippen molar-refractivity contribution in [2.75, 3.05) is 6.54 Å². The average molecular weight is 139 g/mol. The van der Waals surface area contributed by atoms with Gasteiger partial charge in [0, 0.05) is 6.04 Å². The Morgan fingerprint density at radius 1 is 1.40 bits per heavy atom. The summed E-state index contributed by atoms with van der Waals surface area (Å²) >= 11 is 0. The molecule has 0 spiro atoms. The maximum absolute atomic E-state index is 3.54. The highest BCUT2D eigenvalue weighted by Gasteiger charge is 2.50. The quantitative estimate of drug-likeness (QED) is 0.582. The van der Waals surface area contributed by atoms with E-state index in [1.807, 2.05) is 0 Å². The molecule has 0 radical (unpaired) electrons. The molecule has 0 amide bonds. The first-order chi connectivity index (χ1) is 4.83. The molecule has 1 heterocycles. The lowest BCUT2D eigenvalue weighted by atomic mass is 10.1. The minimum atomic E-state index is 0.790. The molecule has 1 N–H and O–H groups in total. The van der Waals surface area contributed by atoms with Gasteiger partial charge in [0.2, 0.25) is 0 Å². The SMILES string of the molecule is CCC1[C@H]2C[C@@H](C)NC[C@@H]12. The fourth-order valence-corrected chi connectivity index (χ4v) is 2.61. The van der Waals surface area contributed by atoms with Crippen LogP contribution in [0.1, 0.15) is 26.7 Å². The average Bonchev–Trinajstić information content (AvgIpc) is 2.60. The molecule has 1 heteroatoms. The predicted molar refractivity (Wildman–Crippen MR) is 42.8 cm³/mol. The fraction of sp³-hybridized carbons (Fsp3) is 1.00. The number of hydrogen-bond donors (Lipinski definition) is 1. The summed E-state index contributed by atoms with van der Waals surface area (Å²) in [6.45, 7) is 5.93. The summed E-state index contributed by atoms with van der Waals surface area (Å²) < 4.78 is 0. The topological polar surface area (TPSA) is 12.0 Å². The Balaban J connectivity index is 1.91. The monoisotopic (exact) mass is 139 g/mol. The maximum Gasteiger partial charge on any atom is 0.00416 e. The minimum Gasteiger partial charge on any atom is -0.314 e. The molecule has 58 valence electrons. The third-order valence-corrected chi connectivity index (χ3v) is 3.31. The van der Waals surface area contributed by atoms with E-state index < -0.39 is 0 Å². The first-order valence-corrected chi connectivity index (χ1v) is 4.56. The van der Waals surface area contributed by atoms with Gasteiger partial charge in [0.05, 0.1) is 0 Å². The molecule has 1 unspecified atom stereocenters. The number of fused-ring (bicyclic) bond motifs is 1. The third-order valence-electron chi connectivity index (χ3n) is 3.31. The second-order valence-corrected chi connectivity index (χ2v) is 3.94. The Labute approximate surface area is 63.2 Å². The molecule has 1 saturated carbocycles. The lowest BCUT2D eigenvalue weighted by Crippen LogP contribution is -2.32. The van der Waals surface area contributed by atoms with E-state index in [0.717, 1.165) is 23.8 Å². The summed E-state index contributed by atoms with van der Waals surface area (Å²) in [7, 11) is 0. The van der Waals surface area contributed by atoms with Gasteiger partial charge in [-0.2, -0.15) is 0 Å². The van der Waals surface area contributed by atoms with Gasteiger partial charge in [0.15, 0.2) is 0 Å². The smallest absolute Gasteiger partial charge is 0.00416 e. The molecule has 2 aliphatic rings. The predicted octanol–water partition coefficient (Wildman–Crippen LogP) is 1.64. The van der Waals surface area contributed by atoms with Gasteiger partial charge in [0.25, 0.3) is 0 Å². The molecule has 0 aromatic carbocycles. The van der Waals surface area contributed by atoms with Crippen LogP contribution in [0, 0.1) is 17.8 Å². The van der Waals surface area contributed by atoms with Crippen LogP contribution in [0.3, 0.4) is 0 Å². The van der Waals surface area contributed by atoms with Crippen molar-refractivity contribution in [1.29, 1.82) is 0 Å². The second kappa shape index (κ2) is 2.23. The number of piperidine rings is 1. The molecule has 10 heavy (non-hydrogen) atoms. The zero-order chi connectivity index (χ0) is 7.14. The summed E-state index contributed by atoms with van der Waals surface area (Å²) in [5, 5.41) is 3.54. The maximum atomic E-state index is 3.54. The highest BCUT2D eigenvalue weighted by atomic mass is 15.0. The van der Waals surface area contributed by atoms with Gasteiger partial charge >= 0.3 is 0 Å². The fourth-order valence-electron chi connectivity index (χ4n) is 2.61. The van der Waals surface area contributed by atoms with Crippen molar-refractivity contribution >= 4 is 0 Å². The van der Waals surface area contributed by atoms with E-state index in [-0.39, 0.29) is 0 Å². The van der Waals surface area contributed by atoms with Crippen LogP contribution in [0.25, 0.3) is 0 Å². The molecule has 0 aromatic rings. The zero-order valence-electron chi connectivity index (χ0n) is 6.93. The molecule has 1 saturated heterocycles. The number of rotatable bonds is 1. The lowest BCUT2D eigenvalue weighted by Gasteiger charge is -2.17. The number of nitrogens with one attached hydrogen (secondary N) is 1. The molecular weight excluding hydrogens is 122 g/mol. The van der Waals surface area contributed by atoms with E-state index in [2.05, 4.69) is 19.2 Å². The van der Waals surface area contributed by atoms with Gasteiger partial charge in [-0.1, -0.05) is 13.3 Å². The Morgan fingerprint density at radius 2 is 2.20 bits per heavy atom. The highest BCUT2D eigenvalue weighted by Crippen LogP contribution is 2.52. The van der Waals surface area contributed by atoms with Crippen molar-refractivity contribution < 1.29 is 0 Å². The molecule has 2 fully saturated rings. The highest BCUT2D eigenvalue weighted by molar-refractivity contribution is 5.01. The van der Waals surface area contributed by atoms with Crippen molar-refractivity contribution in [2.24, 2.45) is 17.8 Å². The number of hydrogen-bond acceptors (Lipinski definition) is 1. The van der Waals surface area contributed by atoms with E-state index in [4.69, 9.17) is 0 Å². The van der Waals surface area contributed by atoms with Crippen LogP contribution in [0.15, 0.2) is 0 Å². The van der Waals surface area contributed by atoms with Gasteiger partial charge in [-0.3, -0.25) is 0 Å². The van der Waals surface area contributed by atoms with E-state index in [0.29, 0.717) is 0 Å². The van der Waals surface area contributed by atoms with Crippen molar-refractivity contribution in [1.82, 2.24) is 5.32 Å². The standard InChI is InChI=1S/C9H17N/c1-3-7-8-4-6(2)10-5-9(7)8/h6-10H,3-5H2,1-2H3/t6-,7?,8-,9+/m1/s1. The van der Waals surface area contributed by atoms with Crippen LogP contribution < -0.4 is 5.32 Å². The van der Waals surface area contributed by atoms with Crippen molar-refractivity contribution in [3.63, 3.8) is 0 Å². The van der Waals surface area contributed by atoms with Crippen LogP contribution >= 0.6 is 0 Å². The van der Waals surface area contributed by atoms with Crippen LogP contribution in [-0.4, -0.2) is 12.6 Å². The molecule has 4 atom stereocenters. The summed E-state index contributed by atoms with van der Waals surface area (Å²) in [4.78, 5) is 0. The molecule has 1 aliphatic carbocycles. The normalized spacial score (nSPS) is 52.2. The van der Waals surface area contributed by atoms with Gasteiger partial charge in [-0.25, -0.2) is 0 Å². The molecule has 0 bridgehead atoms. The van der Waals surface area contributed by atoms with Crippen molar-refractivity contribution in [3.05, 3.63) is 0 Å². The largest absolute Gasteiger partial charge is 0.314 e. The van der Waals surface area contributed by atoms with Gasteiger partial charge in [0.1, 0.15) is 0 Å². The van der Waals surface area contributed by atoms with E-state index >= 15 is 0 Å². The van der Waals surface area contributed by atoms with Gasteiger partial charge < -0.3 is 5.32 Å². The molecule has 1 nitrogen and oxygen atoms in total. The first kappa shape index (κ1) is 6.66. The van der Waals surface area contributed by atoms with Gasteiger partial charge in [-0.05, 0) is 37.6 Å². The van der Waals surface area contributed by atoms with Crippen molar-refractivity contribution in [2.45, 2.75) is 32.7 Å². The van der Waals surface area contributed by atoms with Crippen LogP contribution in [0.5, 0.6) is 0 Å². The summed E-state index contributed by atoms with van der Waals surface area (Å²) in [5.74, 6) is 3.24. The summed E-state index contributed by atoms with van der Waals surface area (Å²) in [6.07, 6.45) is 2.84. The second-order valence-electron chi connectivity index (χ2n) is 3.94. The Morgan fingerprint density at radius 3 is 2.80 bits per heavy atom. The Kier molecular flexibility index (Phi) is 1.48. The molecule has 2 rings (SSSR count). The van der Waals surface area contributed by atoms with Crippen LogP contribution in [0.4, 0.5) is 0 Å². The molecule has 1 aliphatic heterocycles. The summed E-state index contributed by atoms with van der Waals surface area (Å²) in [6, 6.07) is 0.790. The van der Waals surface area contributed by atoms with E-state index in [9.17, 15) is 0 Å². The van der Waals surface area contributed by atoms with Crippen LogP contribution in [0.2, 0.25) is 0 Å². The van der Waals surface area contributed by atoms with Gasteiger partial charge in [-0.15, -0.1) is 0 Å². The lowest BCUT2D eigenvalue weighted by molar-refractivity contribution is 0.407. The third kappa shape index (κ3) is 0.878. The Bertz CT molecular complexity index is 129. The van der Waals surface area contributed by atoms with E-state index in [1.165, 1.54) is 19.4 Å². The molecular formula is C9H17N. The summed E-state index contributed by atoms with van der Waals surface area (Å²) in [5.41, 5.74) is 0. The Hall–Kier alpha value is -0.0400. The minimum absolute atomic E-state index is 0.790. The van der Waals surface area contributed by atoms with Crippen molar-refractivity contribution in [3.8, 4) is 0 Å². The molecule has 0 aromatic heterocycles. The van der Waals surface area contributed by atoms with Crippen LogP contribution in [-0.2, 0) is 0 Å².